The van der Waals surface area contributed by atoms with Crippen LogP contribution in [-0.2, 0) is 19.1 Å². The molecule has 0 aromatic heterocycles. The molecule has 0 spiro atoms. The van der Waals surface area contributed by atoms with E-state index in [1.54, 1.807) is 7.05 Å². The van der Waals surface area contributed by atoms with E-state index in [1.165, 1.54) is 19.2 Å². The van der Waals surface area contributed by atoms with Crippen LogP contribution >= 0.6 is 0 Å². The van der Waals surface area contributed by atoms with Crippen molar-refractivity contribution < 1.29 is 23.9 Å². The van der Waals surface area contributed by atoms with Crippen molar-refractivity contribution in [3.8, 4) is 0 Å². The molecule has 0 aliphatic carbocycles. The van der Waals surface area contributed by atoms with Gasteiger partial charge in [-0.3, -0.25) is 9.63 Å². The third-order valence-electron chi connectivity index (χ3n) is 2.64. The van der Waals surface area contributed by atoms with Crippen molar-refractivity contribution in [1.82, 2.24) is 10.4 Å². The van der Waals surface area contributed by atoms with E-state index in [9.17, 15) is 9.59 Å². The van der Waals surface area contributed by atoms with Crippen LogP contribution in [0.15, 0.2) is 0 Å². The third-order valence-corrected chi connectivity index (χ3v) is 2.64. The molecule has 0 aromatic carbocycles. The van der Waals surface area contributed by atoms with Gasteiger partial charge in [-0.2, -0.15) is 0 Å². The number of nitrogens with zero attached hydrogens (tertiary/aromatic N) is 1. The zero-order valence-corrected chi connectivity index (χ0v) is 13.9. The summed E-state index contributed by atoms with van der Waals surface area (Å²) in [5.74, 6) is -0.0859. The van der Waals surface area contributed by atoms with Crippen LogP contribution in [-0.4, -0.2) is 56.6 Å². The Balaban J connectivity index is 0. The van der Waals surface area contributed by atoms with Crippen LogP contribution < -0.4 is 5.32 Å². The minimum Gasteiger partial charge on any atom is -0.444 e. The van der Waals surface area contributed by atoms with Crippen molar-refractivity contribution in [3.63, 3.8) is 0 Å². The molecule has 0 aromatic rings. The smallest absolute Gasteiger partial charge is 0.407 e. The maximum Gasteiger partial charge on any atom is 0.407 e. The Bertz CT molecular complexity index is 322. The average molecular weight is 320 g/mol. The van der Waals surface area contributed by atoms with Gasteiger partial charge in [0.25, 0.3) is 5.91 Å². The molecule has 7 heteroatoms. The number of hydroxylamine groups is 2. The maximum absolute atomic E-state index is 11.4. The predicted molar refractivity (Wildman–Crippen MR) is 85.4 cm³/mol. The van der Waals surface area contributed by atoms with Gasteiger partial charge in [0.1, 0.15) is 11.7 Å². The quantitative estimate of drug-likeness (QED) is 0.790. The first kappa shape index (κ1) is 22.9. The van der Waals surface area contributed by atoms with Crippen LogP contribution in [0, 0.1) is 0 Å². The highest BCUT2D eigenvalue weighted by Gasteiger charge is 2.24. The molecular weight excluding hydrogens is 288 g/mol. The Morgan fingerprint density at radius 3 is 2.18 bits per heavy atom. The Morgan fingerprint density at radius 1 is 1.27 bits per heavy atom. The van der Waals surface area contributed by atoms with E-state index in [0.717, 1.165) is 19.3 Å². The number of amides is 2. The molecule has 7 nitrogen and oxygen atoms in total. The minimum atomic E-state index is -0.389. The van der Waals surface area contributed by atoms with Crippen LogP contribution in [0.2, 0.25) is 0 Å². The number of hydrogen-bond acceptors (Lipinski definition) is 5. The second-order valence-corrected chi connectivity index (χ2v) is 5.63. The summed E-state index contributed by atoms with van der Waals surface area (Å²) in [5, 5.41) is 3.58. The lowest BCUT2D eigenvalue weighted by atomic mass is 10.1. The number of ether oxygens (including phenoxy) is 2. The van der Waals surface area contributed by atoms with E-state index in [0.29, 0.717) is 6.61 Å². The van der Waals surface area contributed by atoms with Crippen molar-refractivity contribution >= 4 is 12.0 Å². The molecule has 0 bridgehead atoms. The summed E-state index contributed by atoms with van der Waals surface area (Å²) in [5.41, 5.74) is -0.389. The summed E-state index contributed by atoms with van der Waals surface area (Å²) in [6.45, 7) is 6.15. The van der Waals surface area contributed by atoms with E-state index < -0.39 is 0 Å². The van der Waals surface area contributed by atoms with Gasteiger partial charge in [-0.1, -0.05) is 7.43 Å². The fourth-order valence-corrected chi connectivity index (χ4v) is 1.56. The summed E-state index contributed by atoms with van der Waals surface area (Å²) < 4.78 is 10.1. The molecule has 0 unspecified atom stereocenters. The molecule has 1 saturated heterocycles. The van der Waals surface area contributed by atoms with Crippen molar-refractivity contribution in [1.29, 1.82) is 0 Å². The third kappa shape index (κ3) is 10.4. The van der Waals surface area contributed by atoms with Gasteiger partial charge in [-0.25, -0.2) is 9.86 Å². The van der Waals surface area contributed by atoms with Gasteiger partial charge < -0.3 is 14.8 Å². The van der Waals surface area contributed by atoms with Crippen LogP contribution in [0.4, 0.5) is 4.79 Å². The largest absolute Gasteiger partial charge is 0.444 e. The second kappa shape index (κ2) is 11.3. The molecule has 1 heterocycles. The molecule has 0 saturated carbocycles. The van der Waals surface area contributed by atoms with Crippen molar-refractivity contribution in [2.24, 2.45) is 0 Å². The first-order valence-electron chi connectivity index (χ1n) is 7.05. The van der Waals surface area contributed by atoms with E-state index in [4.69, 9.17) is 14.3 Å². The van der Waals surface area contributed by atoms with Gasteiger partial charge in [0, 0.05) is 20.7 Å². The van der Waals surface area contributed by atoms with Crippen molar-refractivity contribution in [2.45, 2.75) is 59.2 Å². The van der Waals surface area contributed by atoms with Crippen LogP contribution in [0.3, 0.4) is 0 Å². The van der Waals surface area contributed by atoms with E-state index in [1.807, 2.05) is 20.8 Å². The molecule has 132 valence electrons. The lowest BCUT2D eigenvalue weighted by molar-refractivity contribution is -0.183. The maximum atomic E-state index is 11.4. The van der Waals surface area contributed by atoms with Crippen LogP contribution in [0.25, 0.3) is 0 Å². The van der Waals surface area contributed by atoms with E-state index >= 15 is 0 Å². The molecule has 1 fully saturated rings. The number of likely N-dealkylation sites (N-methyl/N-ethyl adjacent to an activating group) is 1. The summed E-state index contributed by atoms with van der Waals surface area (Å²) in [6.07, 6.45) is 2.26. The first-order valence-corrected chi connectivity index (χ1v) is 7.05. The summed E-state index contributed by atoms with van der Waals surface area (Å²) in [6, 6.07) is 0. The summed E-state index contributed by atoms with van der Waals surface area (Å²) in [7, 11) is 4.61. The molecule has 1 rings (SSSR count). The lowest BCUT2D eigenvalue weighted by Gasteiger charge is -2.24. The Hall–Kier alpha value is -1.34. The highest BCUT2D eigenvalue weighted by molar-refractivity contribution is 5.79. The minimum absolute atomic E-state index is 0. The van der Waals surface area contributed by atoms with Gasteiger partial charge in [0.15, 0.2) is 0 Å². The first-order chi connectivity index (χ1) is 9.71. The van der Waals surface area contributed by atoms with Crippen molar-refractivity contribution in [3.05, 3.63) is 0 Å². The van der Waals surface area contributed by atoms with Crippen molar-refractivity contribution in [2.75, 3.05) is 27.8 Å². The Kier molecular flexibility index (Phi) is 11.7. The van der Waals surface area contributed by atoms with Gasteiger partial charge in [-0.15, -0.1) is 0 Å². The average Bonchev–Trinajstić information content (AvgIpc) is 2.45. The standard InChI is InChI=1S/C8H15NO3.C6H13NO2.CH4/c1-9(11-2)8(10)7-5-3-4-6-12-7;1-6(2,3)9-5(8)7-4;/h7H,3-6H2,1-2H3;1-4H3,(H,7,8);1H4/t7-;;/m0../s1. The lowest BCUT2D eigenvalue weighted by Crippen LogP contribution is -2.39. The van der Waals surface area contributed by atoms with Gasteiger partial charge in [0.05, 0.1) is 7.11 Å². The van der Waals surface area contributed by atoms with E-state index in [-0.39, 0.29) is 31.1 Å². The fraction of sp³-hybridized carbons (Fsp3) is 0.867. The SMILES string of the molecule is C.CNC(=O)OC(C)(C)C.CON(C)C(=O)[C@@H]1CCCCO1. The Morgan fingerprint density at radius 2 is 1.86 bits per heavy atom. The molecule has 1 N–H and O–H groups in total. The molecule has 1 atom stereocenters. The van der Waals surface area contributed by atoms with Crippen LogP contribution in [0.5, 0.6) is 0 Å². The monoisotopic (exact) mass is 320 g/mol. The highest BCUT2D eigenvalue weighted by Crippen LogP contribution is 2.14. The number of rotatable bonds is 2. The van der Waals surface area contributed by atoms with Crippen LogP contribution in [0.1, 0.15) is 47.5 Å². The number of alkyl carbamates (subject to hydrolysis) is 1. The van der Waals surface area contributed by atoms with E-state index in [2.05, 4.69) is 5.32 Å². The topological polar surface area (TPSA) is 77.1 Å². The molecule has 22 heavy (non-hydrogen) atoms. The summed E-state index contributed by atoms with van der Waals surface area (Å²) >= 11 is 0. The number of carbonyl (C=O) groups excluding carboxylic acids is 2. The second-order valence-electron chi connectivity index (χ2n) is 5.63. The van der Waals surface area contributed by atoms with Gasteiger partial charge in [0.2, 0.25) is 0 Å². The number of nitrogens with one attached hydrogen (secondary N) is 1. The molecule has 2 amide bonds. The fourth-order valence-electron chi connectivity index (χ4n) is 1.56. The number of hydrogen-bond donors (Lipinski definition) is 1. The summed E-state index contributed by atoms with van der Waals surface area (Å²) in [4.78, 5) is 26.7. The highest BCUT2D eigenvalue weighted by atomic mass is 16.7. The molecule has 1 aliphatic heterocycles. The normalized spacial score (nSPS) is 17.3. The van der Waals surface area contributed by atoms with Gasteiger partial charge >= 0.3 is 6.09 Å². The zero-order chi connectivity index (χ0) is 16.5. The van der Waals surface area contributed by atoms with Gasteiger partial charge in [-0.05, 0) is 40.0 Å². The molecule has 1 aliphatic rings. The molecular formula is C15H32N2O5. The number of carbonyl (C=O) groups is 2. The Labute approximate surface area is 134 Å². The zero-order valence-electron chi connectivity index (χ0n) is 13.9. The molecule has 0 radical (unpaired) electrons. The predicted octanol–water partition coefficient (Wildman–Crippen LogP) is 2.35.